The molecule has 5 aliphatic rings. The summed E-state index contributed by atoms with van der Waals surface area (Å²) in [5.74, 6) is 1.69. The average molecular weight is 935 g/mol. The number of urea groups is 1. The Bertz CT molecular complexity index is 2590. The number of fused-ring (bicyclic) bond motifs is 1. The van der Waals surface area contributed by atoms with Crippen molar-refractivity contribution in [2.24, 2.45) is 11.3 Å². The molecule has 8 heterocycles. The lowest BCUT2D eigenvalue weighted by molar-refractivity contribution is -0.143. The molecule has 3 aromatic heterocycles. The van der Waals surface area contributed by atoms with Gasteiger partial charge in [0.05, 0.1) is 22.1 Å². The number of nitrogens with zero attached hydrogens (tertiary/aromatic N) is 9. The summed E-state index contributed by atoms with van der Waals surface area (Å²) >= 11 is 12.8. The lowest BCUT2D eigenvalue weighted by Gasteiger charge is -2.54. The van der Waals surface area contributed by atoms with E-state index in [0.717, 1.165) is 105 Å². The number of rotatable bonds is 10. The standard InChI is InChI=1S/C48H53Cl2N11O5/c1-31(44-38(49)26-51-27-39(44)50)66-36-7-8-40-37(24-36)45(55-54-40)33-2-9-41(52-25-33)60-29-48(30-60)13-18-59(19-14-48)46(64)32-10-15-58(16-11-32)43(63)28-56-20-22-57(23-21-56)34-3-5-35(6-4-34)61-17-12-42(62)53-47(61)65/h2-9,24-27,31-32H,10-23,28-30H2,1H3,(H,54,55)(H,53,62,65)/t31-/m1/s1. The van der Waals surface area contributed by atoms with Crippen LogP contribution >= 0.6 is 23.2 Å². The van der Waals surface area contributed by atoms with Crippen molar-refractivity contribution < 1.29 is 23.9 Å². The Morgan fingerprint density at radius 3 is 2.21 bits per heavy atom. The summed E-state index contributed by atoms with van der Waals surface area (Å²) in [6.07, 6.45) is 8.26. The Hall–Kier alpha value is -5.97. The first-order valence-electron chi connectivity index (χ1n) is 22.9. The molecule has 2 aromatic carbocycles. The highest BCUT2D eigenvalue weighted by Crippen LogP contribution is 2.43. The molecular formula is C48H53Cl2N11O5. The summed E-state index contributed by atoms with van der Waals surface area (Å²) in [7, 11) is 0. The van der Waals surface area contributed by atoms with Crippen LogP contribution in [0.5, 0.6) is 5.75 Å². The molecule has 5 fully saturated rings. The minimum atomic E-state index is -0.392. The third-order valence-corrected chi connectivity index (χ3v) is 14.8. The highest BCUT2D eigenvalue weighted by Gasteiger charge is 2.46. The lowest BCUT2D eigenvalue weighted by atomic mass is 9.71. The molecule has 10 rings (SSSR count). The van der Waals surface area contributed by atoms with Gasteiger partial charge in [0.25, 0.3) is 0 Å². The van der Waals surface area contributed by atoms with E-state index in [1.165, 1.54) is 0 Å². The smallest absolute Gasteiger partial charge is 0.328 e. The van der Waals surface area contributed by atoms with Crippen LogP contribution in [0.4, 0.5) is 22.0 Å². The number of piperidine rings is 2. The molecule has 0 bridgehead atoms. The fraction of sp³-hybridized carbons (Fsp3) is 0.438. The van der Waals surface area contributed by atoms with E-state index in [1.54, 1.807) is 17.3 Å². The molecule has 18 heteroatoms. The number of carbonyl (C=O) groups excluding carboxylic acids is 4. The second-order valence-corrected chi connectivity index (χ2v) is 19.1. The quantitative estimate of drug-likeness (QED) is 0.159. The molecule has 344 valence electrons. The van der Waals surface area contributed by atoms with Crippen LogP contribution in [0.1, 0.15) is 50.7 Å². The van der Waals surface area contributed by atoms with Crippen LogP contribution in [-0.4, -0.2) is 137 Å². The van der Waals surface area contributed by atoms with Crippen LogP contribution in [-0.2, 0) is 14.4 Å². The number of imide groups is 1. The number of likely N-dealkylation sites (tertiary alicyclic amines) is 2. The van der Waals surface area contributed by atoms with E-state index in [9.17, 15) is 19.2 Å². The number of carbonyl (C=O) groups is 4. The van der Waals surface area contributed by atoms with Crippen LogP contribution in [0.15, 0.2) is 73.2 Å². The lowest BCUT2D eigenvalue weighted by Crippen LogP contribution is -2.61. The van der Waals surface area contributed by atoms with E-state index in [0.29, 0.717) is 66.8 Å². The number of anilines is 3. The molecule has 1 spiro atoms. The van der Waals surface area contributed by atoms with Gasteiger partial charge in [-0.2, -0.15) is 5.10 Å². The maximum atomic E-state index is 13.7. The van der Waals surface area contributed by atoms with E-state index in [4.69, 9.17) is 32.9 Å². The summed E-state index contributed by atoms with van der Waals surface area (Å²) < 4.78 is 6.26. The minimum Gasteiger partial charge on any atom is -0.486 e. The minimum absolute atomic E-state index is 0.0370. The maximum absolute atomic E-state index is 13.7. The number of piperazine rings is 1. The van der Waals surface area contributed by atoms with Gasteiger partial charge in [-0.25, -0.2) is 9.78 Å². The van der Waals surface area contributed by atoms with E-state index >= 15 is 0 Å². The highest BCUT2D eigenvalue weighted by atomic mass is 35.5. The topological polar surface area (TPSA) is 163 Å². The second kappa shape index (κ2) is 18.4. The summed E-state index contributed by atoms with van der Waals surface area (Å²) in [6.45, 7) is 10.4. The summed E-state index contributed by atoms with van der Waals surface area (Å²) in [4.78, 5) is 72.1. The van der Waals surface area contributed by atoms with E-state index in [1.807, 2.05) is 60.5 Å². The first-order chi connectivity index (χ1) is 32.0. The van der Waals surface area contributed by atoms with E-state index in [2.05, 4.69) is 52.2 Å². The van der Waals surface area contributed by atoms with Crippen molar-refractivity contribution in [3.05, 3.63) is 88.8 Å². The van der Waals surface area contributed by atoms with Crippen LogP contribution in [0.2, 0.25) is 10.0 Å². The molecule has 66 heavy (non-hydrogen) atoms. The third kappa shape index (κ3) is 8.97. The molecule has 0 aliphatic carbocycles. The SMILES string of the molecule is C[C@@H](Oc1ccc2[nH]nc(-c3ccc(N4CC5(CCN(C(=O)C6CCN(C(=O)CN7CCN(c8ccc(N9CCC(=O)NC9=O)cc8)CC7)CC6)CC5)C4)nc3)c2c1)c1c(Cl)cncc1Cl. The summed E-state index contributed by atoms with van der Waals surface area (Å²) in [5.41, 5.74) is 5.28. The average Bonchev–Trinajstić information content (AvgIpc) is 3.74. The Balaban J connectivity index is 0.648. The normalized spacial score (nSPS) is 19.8. The Morgan fingerprint density at radius 2 is 1.53 bits per heavy atom. The molecular weight excluding hydrogens is 882 g/mol. The van der Waals surface area contributed by atoms with Gasteiger partial charge < -0.3 is 24.3 Å². The number of aromatic nitrogens is 4. The zero-order valence-electron chi connectivity index (χ0n) is 36.9. The van der Waals surface area contributed by atoms with Crippen molar-refractivity contribution in [3.8, 4) is 17.0 Å². The molecule has 16 nitrogen and oxygen atoms in total. The highest BCUT2D eigenvalue weighted by molar-refractivity contribution is 6.35. The zero-order chi connectivity index (χ0) is 45.5. The van der Waals surface area contributed by atoms with Gasteiger partial charge in [-0.1, -0.05) is 23.2 Å². The Morgan fingerprint density at radius 1 is 0.818 bits per heavy atom. The van der Waals surface area contributed by atoms with Crippen LogP contribution < -0.4 is 24.8 Å². The molecule has 5 amide bonds. The number of halogens is 2. The number of benzene rings is 2. The molecule has 0 saturated carbocycles. The van der Waals surface area contributed by atoms with Gasteiger partial charge in [0.1, 0.15) is 23.4 Å². The fourth-order valence-corrected chi connectivity index (χ4v) is 10.9. The Labute approximate surface area is 393 Å². The van der Waals surface area contributed by atoms with Gasteiger partial charge >= 0.3 is 6.03 Å². The van der Waals surface area contributed by atoms with Crippen LogP contribution in [0, 0.1) is 11.3 Å². The number of amides is 5. The molecule has 2 N–H and O–H groups in total. The van der Waals surface area contributed by atoms with Gasteiger partial charge in [-0.15, -0.1) is 0 Å². The van der Waals surface area contributed by atoms with Crippen molar-refractivity contribution in [3.63, 3.8) is 0 Å². The van der Waals surface area contributed by atoms with E-state index < -0.39 is 6.10 Å². The molecule has 5 saturated heterocycles. The van der Waals surface area contributed by atoms with Crippen molar-refractivity contribution in [1.82, 2.24) is 40.2 Å². The van der Waals surface area contributed by atoms with Gasteiger partial charge in [0.15, 0.2) is 0 Å². The number of hydrogen-bond donors (Lipinski definition) is 2. The fourth-order valence-electron chi connectivity index (χ4n) is 10.3. The zero-order valence-corrected chi connectivity index (χ0v) is 38.4. The van der Waals surface area contributed by atoms with Crippen molar-refractivity contribution in [2.75, 3.05) is 93.2 Å². The van der Waals surface area contributed by atoms with Gasteiger partial charge in [-0.3, -0.25) is 39.6 Å². The monoisotopic (exact) mass is 933 g/mol. The molecule has 5 aliphatic heterocycles. The molecule has 0 radical (unpaired) electrons. The maximum Gasteiger partial charge on any atom is 0.328 e. The third-order valence-electron chi connectivity index (χ3n) is 14.2. The summed E-state index contributed by atoms with van der Waals surface area (Å²) in [6, 6.07) is 17.4. The van der Waals surface area contributed by atoms with Crippen molar-refractivity contribution in [2.45, 2.75) is 45.1 Å². The van der Waals surface area contributed by atoms with Gasteiger partial charge in [-0.05, 0) is 87.2 Å². The first kappa shape index (κ1) is 43.9. The number of hydrogen-bond acceptors (Lipinski definition) is 11. The molecule has 0 unspecified atom stereocenters. The predicted molar refractivity (Wildman–Crippen MR) is 253 cm³/mol. The first-order valence-corrected chi connectivity index (χ1v) is 23.7. The molecule has 5 aromatic rings. The Kier molecular flexibility index (Phi) is 12.2. The largest absolute Gasteiger partial charge is 0.486 e. The van der Waals surface area contributed by atoms with Crippen molar-refractivity contribution in [1.29, 1.82) is 0 Å². The second-order valence-electron chi connectivity index (χ2n) is 18.3. The molecule has 1 atom stereocenters. The number of pyridine rings is 2. The van der Waals surface area contributed by atoms with Crippen LogP contribution in [0.25, 0.3) is 22.2 Å². The number of ether oxygens (including phenoxy) is 1. The number of aromatic amines is 1. The number of H-pyrrole nitrogens is 1. The number of nitrogens with one attached hydrogen (secondary N) is 2. The predicted octanol–water partition coefficient (Wildman–Crippen LogP) is 6.40. The van der Waals surface area contributed by atoms with Gasteiger partial charge in [0, 0.05) is 136 Å². The summed E-state index contributed by atoms with van der Waals surface area (Å²) in [5, 5.41) is 11.9. The van der Waals surface area contributed by atoms with Crippen LogP contribution in [0.3, 0.4) is 0 Å². The van der Waals surface area contributed by atoms with Gasteiger partial charge in [0.2, 0.25) is 17.7 Å². The van der Waals surface area contributed by atoms with Crippen molar-refractivity contribution >= 4 is 75.1 Å². The van der Waals surface area contributed by atoms with E-state index in [-0.39, 0.29) is 35.1 Å².